The van der Waals surface area contributed by atoms with Crippen molar-refractivity contribution < 1.29 is 4.39 Å². The summed E-state index contributed by atoms with van der Waals surface area (Å²) in [5, 5.41) is 12.9. The molecule has 0 aliphatic carbocycles. The highest BCUT2D eigenvalue weighted by Crippen LogP contribution is 2.15. The van der Waals surface area contributed by atoms with Crippen molar-refractivity contribution in [2.24, 2.45) is 0 Å². The van der Waals surface area contributed by atoms with Crippen molar-refractivity contribution in [2.45, 2.75) is 12.6 Å². The van der Waals surface area contributed by atoms with E-state index in [1.54, 1.807) is 24.3 Å². The summed E-state index contributed by atoms with van der Waals surface area (Å²) >= 11 is 5.80. The van der Waals surface area contributed by atoms with E-state index >= 15 is 0 Å². The number of benzene rings is 2. The van der Waals surface area contributed by atoms with Gasteiger partial charge in [0.25, 0.3) is 0 Å². The molecule has 0 radical (unpaired) electrons. The molecule has 1 atom stereocenters. The fourth-order valence-electron chi connectivity index (χ4n) is 1.75. The molecule has 0 aromatic heterocycles. The summed E-state index contributed by atoms with van der Waals surface area (Å²) in [6.45, 7) is 0.520. The molecular formula is C15H12ClFN2. The Morgan fingerprint density at radius 2 is 1.95 bits per heavy atom. The van der Waals surface area contributed by atoms with Crippen molar-refractivity contribution in [1.82, 2.24) is 5.32 Å². The number of nitriles is 1. The SMILES string of the molecule is N#CC(NCc1ccc(Cl)cc1)c1cccc(F)c1. The Morgan fingerprint density at radius 3 is 2.58 bits per heavy atom. The van der Waals surface area contributed by atoms with Gasteiger partial charge in [-0.25, -0.2) is 4.39 Å². The van der Waals surface area contributed by atoms with Crippen molar-refractivity contribution in [3.05, 3.63) is 70.5 Å². The van der Waals surface area contributed by atoms with Crippen LogP contribution < -0.4 is 5.32 Å². The van der Waals surface area contributed by atoms with Crippen LogP contribution in [0.25, 0.3) is 0 Å². The first-order valence-corrected chi connectivity index (χ1v) is 6.20. The van der Waals surface area contributed by atoms with Crippen molar-refractivity contribution in [3.63, 3.8) is 0 Å². The average molecular weight is 275 g/mol. The molecule has 2 nitrogen and oxygen atoms in total. The van der Waals surface area contributed by atoms with E-state index < -0.39 is 6.04 Å². The summed E-state index contributed by atoms with van der Waals surface area (Å²) in [5.41, 5.74) is 1.64. The van der Waals surface area contributed by atoms with Crippen molar-refractivity contribution in [2.75, 3.05) is 0 Å². The van der Waals surface area contributed by atoms with E-state index in [4.69, 9.17) is 16.9 Å². The van der Waals surface area contributed by atoms with E-state index in [0.29, 0.717) is 17.1 Å². The van der Waals surface area contributed by atoms with Gasteiger partial charge in [0.15, 0.2) is 0 Å². The molecule has 0 spiro atoms. The molecule has 4 heteroatoms. The molecule has 0 aliphatic heterocycles. The third kappa shape index (κ3) is 3.78. The molecule has 0 bridgehead atoms. The predicted molar refractivity (Wildman–Crippen MR) is 73.0 cm³/mol. The minimum atomic E-state index is -0.536. The highest BCUT2D eigenvalue weighted by molar-refractivity contribution is 6.30. The van der Waals surface area contributed by atoms with Gasteiger partial charge < -0.3 is 0 Å². The first-order chi connectivity index (χ1) is 9.19. The van der Waals surface area contributed by atoms with Gasteiger partial charge in [-0.1, -0.05) is 35.9 Å². The third-order valence-corrected chi connectivity index (χ3v) is 2.99. The van der Waals surface area contributed by atoms with Crippen molar-refractivity contribution >= 4 is 11.6 Å². The van der Waals surface area contributed by atoms with Gasteiger partial charge >= 0.3 is 0 Å². The van der Waals surface area contributed by atoms with E-state index in [-0.39, 0.29) is 5.82 Å². The van der Waals surface area contributed by atoms with Crippen LogP contribution in [0.2, 0.25) is 5.02 Å². The number of halogens is 2. The normalized spacial score (nSPS) is 11.8. The Bertz CT molecular complexity index is 590. The molecular weight excluding hydrogens is 263 g/mol. The fourth-order valence-corrected chi connectivity index (χ4v) is 1.87. The van der Waals surface area contributed by atoms with Crippen LogP contribution >= 0.6 is 11.6 Å². The molecule has 2 aromatic carbocycles. The van der Waals surface area contributed by atoms with Crippen LogP contribution in [0.5, 0.6) is 0 Å². The maximum atomic E-state index is 13.1. The number of hydrogen-bond acceptors (Lipinski definition) is 2. The molecule has 0 heterocycles. The monoisotopic (exact) mass is 274 g/mol. The van der Waals surface area contributed by atoms with Gasteiger partial charge in [0.05, 0.1) is 6.07 Å². The maximum Gasteiger partial charge on any atom is 0.123 e. The van der Waals surface area contributed by atoms with Gasteiger partial charge in [-0.05, 0) is 35.4 Å². The quantitative estimate of drug-likeness (QED) is 0.920. The van der Waals surface area contributed by atoms with Crippen LogP contribution in [-0.4, -0.2) is 0 Å². The van der Waals surface area contributed by atoms with E-state index in [1.165, 1.54) is 12.1 Å². The number of hydrogen-bond donors (Lipinski definition) is 1. The minimum Gasteiger partial charge on any atom is -0.294 e. The summed E-state index contributed by atoms with van der Waals surface area (Å²) in [7, 11) is 0. The number of rotatable bonds is 4. The third-order valence-electron chi connectivity index (χ3n) is 2.73. The van der Waals surface area contributed by atoms with Crippen molar-refractivity contribution in [1.29, 1.82) is 5.26 Å². The Morgan fingerprint density at radius 1 is 1.21 bits per heavy atom. The van der Waals surface area contributed by atoms with Crippen LogP contribution in [0.4, 0.5) is 4.39 Å². The zero-order chi connectivity index (χ0) is 13.7. The number of nitrogens with zero attached hydrogens (tertiary/aromatic N) is 1. The molecule has 1 unspecified atom stereocenters. The summed E-state index contributed by atoms with van der Waals surface area (Å²) < 4.78 is 13.1. The van der Waals surface area contributed by atoms with Gasteiger partial charge in [0.2, 0.25) is 0 Å². The zero-order valence-electron chi connectivity index (χ0n) is 10.1. The molecule has 96 valence electrons. The molecule has 2 rings (SSSR count). The van der Waals surface area contributed by atoms with Crippen LogP contribution in [0, 0.1) is 17.1 Å². The van der Waals surface area contributed by atoms with Gasteiger partial charge in [0, 0.05) is 11.6 Å². The Kier molecular flexibility index (Phi) is 4.51. The summed E-state index contributed by atoms with van der Waals surface area (Å²) in [6, 6.07) is 15.0. The van der Waals surface area contributed by atoms with Gasteiger partial charge in [-0.2, -0.15) is 5.26 Å². The second kappa shape index (κ2) is 6.33. The molecule has 0 saturated heterocycles. The molecule has 19 heavy (non-hydrogen) atoms. The summed E-state index contributed by atoms with van der Waals surface area (Å²) in [5.74, 6) is -0.342. The first kappa shape index (κ1) is 13.5. The first-order valence-electron chi connectivity index (χ1n) is 5.82. The molecule has 1 N–H and O–H groups in total. The van der Waals surface area contributed by atoms with Crippen LogP contribution in [-0.2, 0) is 6.54 Å². The van der Waals surface area contributed by atoms with E-state index in [2.05, 4.69) is 11.4 Å². The zero-order valence-corrected chi connectivity index (χ0v) is 10.9. The standard InChI is InChI=1S/C15H12ClFN2/c16-13-6-4-11(5-7-13)10-19-15(9-18)12-2-1-3-14(17)8-12/h1-8,15,19H,10H2. The minimum absolute atomic E-state index is 0.342. The summed E-state index contributed by atoms with van der Waals surface area (Å²) in [6.07, 6.45) is 0. The van der Waals surface area contributed by atoms with Gasteiger partial charge in [-0.15, -0.1) is 0 Å². The average Bonchev–Trinajstić information content (AvgIpc) is 2.42. The predicted octanol–water partition coefficient (Wildman–Crippen LogP) is 3.83. The topological polar surface area (TPSA) is 35.8 Å². The number of nitrogens with one attached hydrogen (secondary N) is 1. The van der Waals surface area contributed by atoms with Crippen LogP contribution in [0.15, 0.2) is 48.5 Å². The Labute approximate surface area is 116 Å². The maximum absolute atomic E-state index is 13.1. The van der Waals surface area contributed by atoms with Gasteiger partial charge in [0.1, 0.15) is 11.9 Å². The van der Waals surface area contributed by atoms with E-state index in [9.17, 15) is 4.39 Å². The Hall–Kier alpha value is -1.89. The smallest absolute Gasteiger partial charge is 0.123 e. The van der Waals surface area contributed by atoms with Crippen LogP contribution in [0.3, 0.4) is 0 Å². The van der Waals surface area contributed by atoms with Crippen molar-refractivity contribution in [3.8, 4) is 6.07 Å². The lowest BCUT2D eigenvalue weighted by molar-refractivity contribution is 0.604. The molecule has 0 amide bonds. The van der Waals surface area contributed by atoms with Gasteiger partial charge in [-0.3, -0.25) is 5.32 Å². The second-order valence-corrected chi connectivity index (χ2v) is 4.56. The lowest BCUT2D eigenvalue weighted by atomic mass is 10.1. The molecule has 0 saturated carbocycles. The summed E-state index contributed by atoms with van der Waals surface area (Å²) in [4.78, 5) is 0. The highest BCUT2D eigenvalue weighted by atomic mass is 35.5. The van der Waals surface area contributed by atoms with Crippen LogP contribution in [0.1, 0.15) is 17.2 Å². The largest absolute Gasteiger partial charge is 0.294 e. The molecule has 0 fully saturated rings. The Balaban J connectivity index is 2.04. The highest BCUT2D eigenvalue weighted by Gasteiger charge is 2.10. The lowest BCUT2D eigenvalue weighted by Gasteiger charge is -2.12. The lowest BCUT2D eigenvalue weighted by Crippen LogP contribution is -2.19. The molecule has 2 aromatic rings. The van der Waals surface area contributed by atoms with E-state index in [0.717, 1.165) is 5.56 Å². The molecule has 0 aliphatic rings. The fraction of sp³-hybridized carbons (Fsp3) is 0.133. The van der Waals surface area contributed by atoms with E-state index in [1.807, 2.05) is 12.1 Å². The second-order valence-electron chi connectivity index (χ2n) is 4.12.